The smallest absolute Gasteiger partial charge is 0.338 e. The van der Waals surface area contributed by atoms with Crippen molar-refractivity contribution < 1.29 is 28.5 Å². The molecule has 0 fully saturated rings. The van der Waals surface area contributed by atoms with Gasteiger partial charge in [-0.15, -0.1) is 0 Å². The van der Waals surface area contributed by atoms with Crippen LogP contribution in [0.4, 0.5) is 0 Å². The van der Waals surface area contributed by atoms with Crippen molar-refractivity contribution in [2.75, 3.05) is 42.1 Å². The number of hydrogen-bond acceptors (Lipinski definition) is 7. The Kier molecular flexibility index (Phi) is 5.94. The van der Waals surface area contributed by atoms with Gasteiger partial charge in [-0.3, -0.25) is 0 Å². The molecule has 0 spiro atoms. The summed E-state index contributed by atoms with van der Waals surface area (Å²) >= 11 is 0. The van der Waals surface area contributed by atoms with Crippen LogP contribution in [0.3, 0.4) is 0 Å². The van der Waals surface area contributed by atoms with Crippen molar-refractivity contribution in [1.29, 1.82) is 0 Å². The van der Waals surface area contributed by atoms with Crippen LogP contribution in [0.25, 0.3) is 0 Å². The van der Waals surface area contributed by atoms with Crippen molar-refractivity contribution in [1.82, 2.24) is 5.32 Å². The quantitative estimate of drug-likeness (QED) is 0.764. The van der Waals surface area contributed by atoms with E-state index in [0.29, 0.717) is 28.6 Å². The molecule has 7 heteroatoms. The number of nitrogens with one attached hydrogen (secondary N) is 1. The monoisotopic (exact) mass is 387 g/mol. The summed E-state index contributed by atoms with van der Waals surface area (Å²) < 4.78 is 27.0. The first-order valence-electron chi connectivity index (χ1n) is 8.90. The molecule has 7 nitrogen and oxygen atoms in total. The summed E-state index contributed by atoms with van der Waals surface area (Å²) in [5.74, 6) is 1.98. The van der Waals surface area contributed by atoms with E-state index in [-0.39, 0.29) is 6.04 Å². The van der Waals surface area contributed by atoms with E-state index in [9.17, 15) is 4.79 Å². The van der Waals surface area contributed by atoms with E-state index in [1.54, 1.807) is 40.6 Å². The zero-order valence-electron chi connectivity index (χ0n) is 16.8. The highest BCUT2D eigenvalue weighted by atomic mass is 16.5. The molecule has 0 aliphatic carbocycles. The van der Waals surface area contributed by atoms with Crippen molar-refractivity contribution in [2.45, 2.75) is 12.5 Å². The van der Waals surface area contributed by atoms with Gasteiger partial charge in [-0.25, -0.2) is 4.79 Å². The number of carbonyl (C=O) groups excluding carboxylic acids is 1. The van der Waals surface area contributed by atoms with Crippen molar-refractivity contribution in [3.8, 4) is 23.0 Å². The van der Waals surface area contributed by atoms with Crippen LogP contribution in [0.5, 0.6) is 23.0 Å². The molecule has 1 N–H and O–H groups in total. The Morgan fingerprint density at radius 2 is 1.43 bits per heavy atom. The van der Waals surface area contributed by atoms with E-state index in [4.69, 9.17) is 23.7 Å². The summed E-state index contributed by atoms with van der Waals surface area (Å²) in [7, 11) is 7.71. The minimum atomic E-state index is -0.452. The summed E-state index contributed by atoms with van der Waals surface area (Å²) in [6, 6.07) is 7.11. The summed E-state index contributed by atoms with van der Waals surface area (Å²) in [6.45, 7) is 0.776. The first-order chi connectivity index (χ1) is 13.6. The lowest BCUT2D eigenvalue weighted by Gasteiger charge is -2.30. The molecular weight excluding hydrogens is 362 g/mol. The maximum atomic E-state index is 12.0. The summed E-state index contributed by atoms with van der Waals surface area (Å²) in [5, 5.41) is 3.52. The molecule has 0 radical (unpaired) electrons. The number of benzene rings is 2. The largest absolute Gasteiger partial charge is 0.496 e. The highest BCUT2D eigenvalue weighted by molar-refractivity contribution is 5.90. The predicted octanol–water partition coefficient (Wildman–Crippen LogP) is 2.74. The van der Waals surface area contributed by atoms with Gasteiger partial charge in [-0.05, 0) is 41.8 Å². The number of hydrogen-bond donors (Lipinski definition) is 1. The van der Waals surface area contributed by atoms with Crippen molar-refractivity contribution in [3.63, 3.8) is 0 Å². The topological polar surface area (TPSA) is 75.3 Å². The van der Waals surface area contributed by atoms with Gasteiger partial charge in [0.25, 0.3) is 0 Å². The standard InChI is InChI=1S/C21H25NO6/c1-24-15-8-12-6-7-22-20(14(12)11-16(15)25-2)19-17(26-3)9-13(21(23)28-5)10-18(19)27-4/h8-11,20,22H,6-7H2,1-5H3. The van der Waals surface area contributed by atoms with E-state index in [1.807, 2.05) is 12.1 Å². The molecule has 0 saturated carbocycles. The molecule has 2 aromatic carbocycles. The number of carbonyl (C=O) groups is 1. The third-order valence-corrected chi connectivity index (χ3v) is 4.95. The highest BCUT2D eigenvalue weighted by Gasteiger charge is 2.30. The Bertz CT molecular complexity index is 854. The van der Waals surface area contributed by atoms with Crippen LogP contribution < -0.4 is 24.3 Å². The fourth-order valence-corrected chi connectivity index (χ4v) is 3.60. The SMILES string of the molecule is COC(=O)c1cc(OC)c(C2NCCc3cc(OC)c(OC)cc32)c(OC)c1. The normalized spacial score (nSPS) is 15.4. The third kappa shape index (κ3) is 3.45. The number of fused-ring (bicyclic) bond motifs is 1. The van der Waals surface area contributed by atoms with Crippen molar-refractivity contribution in [3.05, 3.63) is 46.5 Å². The Morgan fingerprint density at radius 3 is 1.96 bits per heavy atom. The number of rotatable bonds is 6. The van der Waals surface area contributed by atoms with Gasteiger partial charge < -0.3 is 29.0 Å². The van der Waals surface area contributed by atoms with E-state index < -0.39 is 5.97 Å². The minimum absolute atomic E-state index is 0.194. The minimum Gasteiger partial charge on any atom is -0.496 e. The fraction of sp³-hybridized carbons (Fsp3) is 0.381. The molecule has 1 heterocycles. The second-order valence-electron chi connectivity index (χ2n) is 6.33. The Labute approximate surface area is 164 Å². The molecule has 2 aromatic rings. The zero-order chi connectivity index (χ0) is 20.3. The van der Waals surface area contributed by atoms with Gasteiger partial charge in [-0.1, -0.05) is 0 Å². The maximum absolute atomic E-state index is 12.0. The number of ether oxygens (including phenoxy) is 5. The molecule has 0 aromatic heterocycles. The Balaban J connectivity index is 2.19. The van der Waals surface area contributed by atoms with Gasteiger partial charge in [0, 0.05) is 6.54 Å². The van der Waals surface area contributed by atoms with Crippen molar-refractivity contribution >= 4 is 5.97 Å². The molecule has 150 valence electrons. The van der Waals surface area contributed by atoms with Gasteiger partial charge in [0.1, 0.15) is 11.5 Å². The molecular formula is C21H25NO6. The highest BCUT2D eigenvalue weighted by Crippen LogP contribution is 2.43. The molecule has 0 saturated heterocycles. The average Bonchev–Trinajstić information content (AvgIpc) is 2.75. The van der Waals surface area contributed by atoms with Crippen LogP contribution in [0.1, 0.15) is 33.1 Å². The lowest BCUT2D eigenvalue weighted by atomic mass is 9.88. The molecule has 1 aliphatic heterocycles. The van der Waals surface area contributed by atoms with Crippen LogP contribution in [0.15, 0.2) is 24.3 Å². The zero-order valence-corrected chi connectivity index (χ0v) is 16.8. The van der Waals surface area contributed by atoms with E-state index in [1.165, 1.54) is 7.11 Å². The Hall–Kier alpha value is -2.93. The molecule has 0 bridgehead atoms. The van der Waals surface area contributed by atoms with Gasteiger partial charge in [0.2, 0.25) is 0 Å². The summed E-state index contributed by atoms with van der Waals surface area (Å²) in [6.07, 6.45) is 0.858. The van der Waals surface area contributed by atoms with Crippen molar-refractivity contribution in [2.24, 2.45) is 0 Å². The van der Waals surface area contributed by atoms with E-state index >= 15 is 0 Å². The molecule has 0 amide bonds. The lowest BCUT2D eigenvalue weighted by Crippen LogP contribution is -2.31. The average molecular weight is 387 g/mol. The van der Waals surface area contributed by atoms with Gasteiger partial charge in [-0.2, -0.15) is 0 Å². The fourth-order valence-electron chi connectivity index (χ4n) is 3.60. The van der Waals surface area contributed by atoms with Gasteiger partial charge >= 0.3 is 5.97 Å². The third-order valence-electron chi connectivity index (χ3n) is 4.95. The maximum Gasteiger partial charge on any atom is 0.338 e. The first kappa shape index (κ1) is 19.8. The summed E-state index contributed by atoms with van der Waals surface area (Å²) in [5.41, 5.74) is 3.38. The van der Waals surface area contributed by atoms with E-state index in [2.05, 4.69) is 5.32 Å². The molecule has 1 aliphatic rings. The van der Waals surface area contributed by atoms with Crippen LogP contribution in [0, 0.1) is 0 Å². The van der Waals surface area contributed by atoms with Crippen LogP contribution >= 0.6 is 0 Å². The molecule has 28 heavy (non-hydrogen) atoms. The predicted molar refractivity (Wildman–Crippen MR) is 104 cm³/mol. The molecule has 3 rings (SSSR count). The number of esters is 1. The second-order valence-corrected chi connectivity index (χ2v) is 6.33. The van der Waals surface area contributed by atoms with Gasteiger partial charge in [0.15, 0.2) is 11.5 Å². The molecule has 1 unspecified atom stereocenters. The summed E-state index contributed by atoms with van der Waals surface area (Å²) in [4.78, 5) is 12.0. The van der Waals surface area contributed by atoms with Crippen LogP contribution in [-0.2, 0) is 11.2 Å². The first-order valence-corrected chi connectivity index (χ1v) is 8.90. The van der Waals surface area contributed by atoms with Crippen LogP contribution in [0.2, 0.25) is 0 Å². The lowest BCUT2D eigenvalue weighted by molar-refractivity contribution is 0.0600. The second kappa shape index (κ2) is 8.39. The molecule has 1 atom stereocenters. The number of methoxy groups -OCH3 is 5. The van der Waals surface area contributed by atoms with Gasteiger partial charge in [0.05, 0.1) is 52.7 Å². The van der Waals surface area contributed by atoms with E-state index in [0.717, 1.165) is 29.7 Å². The Morgan fingerprint density at radius 1 is 0.857 bits per heavy atom. The van der Waals surface area contributed by atoms with Crippen LogP contribution in [-0.4, -0.2) is 48.1 Å².